The van der Waals surface area contributed by atoms with Gasteiger partial charge >= 0.3 is 0 Å². The minimum atomic E-state index is -0.390. The van der Waals surface area contributed by atoms with Gasteiger partial charge in [0.05, 0.1) is 17.9 Å². The van der Waals surface area contributed by atoms with Crippen LogP contribution in [0.15, 0.2) is 29.6 Å². The molecule has 0 saturated carbocycles. The number of benzene rings is 1. The van der Waals surface area contributed by atoms with Crippen molar-refractivity contribution < 1.29 is 9.18 Å². The number of thiazole rings is 1. The summed E-state index contributed by atoms with van der Waals surface area (Å²) < 4.78 is 13.6. The first-order valence-corrected chi connectivity index (χ1v) is 10.6. The van der Waals surface area contributed by atoms with Gasteiger partial charge in [0.1, 0.15) is 10.8 Å². The predicted octanol–water partition coefficient (Wildman–Crippen LogP) is 5.04. The molecule has 1 aliphatic rings. The van der Waals surface area contributed by atoms with Crippen molar-refractivity contribution in [2.45, 2.75) is 52.0 Å². The Bertz CT molecular complexity index is 761. The number of nitrogens with zero attached hydrogens (tertiary/aromatic N) is 2. The Balaban J connectivity index is 1.45. The average Bonchev–Trinajstić information content (AvgIpc) is 3.11. The Morgan fingerprint density at radius 3 is 2.96 bits per heavy atom. The zero-order chi connectivity index (χ0) is 19.2. The van der Waals surface area contributed by atoms with Gasteiger partial charge in [0, 0.05) is 18.3 Å². The number of anilines is 1. The molecule has 2 heterocycles. The highest BCUT2D eigenvalue weighted by atomic mass is 32.1. The summed E-state index contributed by atoms with van der Waals surface area (Å²) in [6, 6.07) is 6.29. The lowest BCUT2D eigenvalue weighted by molar-refractivity contribution is -0.116. The fourth-order valence-electron chi connectivity index (χ4n) is 3.50. The molecule has 1 saturated heterocycles. The SMILES string of the molecule is CC(C)c1csc(CN2CCCC(CCC(=O)Nc3ccccc3F)C2)n1. The van der Waals surface area contributed by atoms with Crippen molar-refractivity contribution in [3.63, 3.8) is 0 Å². The van der Waals surface area contributed by atoms with Gasteiger partial charge in [-0.15, -0.1) is 11.3 Å². The number of rotatable bonds is 7. The van der Waals surface area contributed by atoms with Crippen LogP contribution in [-0.2, 0) is 11.3 Å². The second-order valence-corrected chi connectivity index (χ2v) is 8.57. The van der Waals surface area contributed by atoms with Crippen LogP contribution in [0, 0.1) is 11.7 Å². The number of piperidine rings is 1. The maximum Gasteiger partial charge on any atom is 0.224 e. The third-order valence-electron chi connectivity index (χ3n) is 5.05. The van der Waals surface area contributed by atoms with Gasteiger partial charge in [-0.2, -0.15) is 0 Å². The van der Waals surface area contributed by atoms with Crippen molar-refractivity contribution >= 4 is 22.9 Å². The van der Waals surface area contributed by atoms with E-state index in [0.717, 1.165) is 38.9 Å². The van der Waals surface area contributed by atoms with Crippen molar-refractivity contribution in [3.05, 3.63) is 46.2 Å². The molecule has 1 aromatic carbocycles. The van der Waals surface area contributed by atoms with Gasteiger partial charge in [-0.3, -0.25) is 9.69 Å². The smallest absolute Gasteiger partial charge is 0.224 e. The van der Waals surface area contributed by atoms with Crippen LogP contribution in [-0.4, -0.2) is 28.9 Å². The molecule has 0 radical (unpaired) electrons. The lowest BCUT2D eigenvalue weighted by Gasteiger charge is -2.32. The number of hydrogen-bond donors (Lipinski definition) is 1. The second kappa shape index (κ2) is 9.42. The number of nitrogens with one attached hydrogen (secondary N) is 1. The summed E-state index contributed by atoms with van der Waals surface area (Å²) in [5, 5.41) is 6.02. The highest BCUT2D eigenvalue weighted by Crippen LogP contribution is 2.25. The maximum absolute atomic E-state index is 13.6. The van der Waals surface area contributed by atoms with Crippen molar-refractivity contribution in [1.82, 2.24) is 9.88 Å². The van der Waals surface area contributed by atoms with Crippen molar-refractivity contribution in [3.8, 4) is 0 Å². The number of halogens is 1. The molecule has 1 N–H and O–H groups in total. The quantitative estimate of drug-likeness (QED) is 0.722. The first-order valence-electron chi connectivity index (χ1n) is 9.72. The molecule has 1 aliphatic heterocycles. The lowest BCUT2D eigenvalue weighted by Crippen LogP contribution is -2.35. The van der Waals surface area contributed by atoms with Gasteiger partial charge in [-0.05, 0) is 49.8 Å². The van der Waals surface area contributed by atoms with Gasteiger partial charge < -0.3 is 5.32 Å². The Labute approximate surface area is 164 Å². The summed E-state index contributed by atoms with van der Waals surface area (Å²) >= 11 is 1.74. The standard InChI is InChI=1S/C21H28FN3OS/c1-15(2)19-14-27-21(24-19)13-25-11-5-6-16(12-25)9-10-20(26)23-18-8-4-3-7-17(18)22/h3-4,7-8,14-16H,5-6,9-13H2,1-2H3,(H,23,26). The molecule has 6 heteroatoms. The zero-order valence-corrected chi connectivity index (χ0v) is 16.9. The van der Waals surface area contributed by atoms with Crippen molar-refractivity contribution in [2.75, 3.05) is 18.4 Å². The largest absolute Gasteiger partial charge is 0.324 e. The van der Waals surface area contributed by atoms with Crippen LogP contribution in [0.1, 0.15) is 56.2 Å². The van der Waals surface area contributed by atoms with E-state index in [9.17, 15) is 9.18 Å². The Morgan fingerprint density at radius 1 is 1.41 bits per heavy atom. The molecule has 1 unspecified atom stereocenters. The van der Waals surface area contributed by atoms with Gasteiger partial charge in [-0.1, -0.05) is 26.0 Å². The van der Waals surface area contributed by atoms with Crippen LogP contribution in [0.4, 0.5) is 10.1 Å². The van der Waals surface area contributed by atoms with Crippen LogP contribution >= 0.6 is 11.3 Å². The fraction of sp³-hybridized carbons (Fsp3) is 0.524. The first-order chi connectivity index (χ1) is 13.0. The lowest BCUT2D eigenvalue weighted by atomic mass is 9.93. The van der Waals surface area contributed by atoms with Crippen LogP contribution < -0.4 is 5.32 Å². The van der Waals surface area contributed by atoms with E-state index in [1.807, 2.05) is 0 Å². The van der Waals surface area contributed by atoms with Crippen LogP contribution in [0.2, 0.25) is 0 Å². The van der Waals surface area contributed by atoms with E-state index in [-0.39, 0.29) is 17.4 Å². The number of para-hydroxylation sites is 1. The minimum Gasteiger partial charge on any atom is -0.324 e. The summed E-state index contributed by atoms with van der Waals surface area (Å²) in [5.41, 5.74) is 1.44. The predicted molar refractivity (Wildman–Crippen MR) is 108 cm³/mol. The highest BCUT2D eigenvalue weighted by molar-refractivity contribution is 7.09. The Hall–Kier alpha value is -1.79. The minimum absolute atomic E-state index is 0.112. The van der Waals surface area contributed by atoms with Crippen LogP contribution in [0.25, 0.3) is 0 Å². The molecule has 146 valence electrons. The van der Waals surface area contributed by atoms with E-state index >= 15 is 0 Å². The number of likely N-dealkylation sites (tertiary alicyclic amines) is 1. The number of carbonyl (C=O) groups is 1. The summed E-state index contributed by atoms with van der Waals surface area (Å²) in [6.45, 7) is 7.33. The molecule has 1 fully saturated rings. The molecule has 4 nitrogen and oxygen atoms in total. The molecule has 1 aromatic heterocycles. The third kappa shape index (κ3) is 5.84. The molecule has 27 heavy (non-hydrogen) atoms. The first kappa shape index (κ1) is 20.0. The zero-order valence-electron chi connectivity index (χ0n) is 16.1. The Morgan fingerprint density at radius 2 is 2.22 bits per heavy atom. The Kier molecular flexibility index (Phi) is 6.96. The molecule has 0 aliphatic carbocycles. The monoisotopic (exact) mass is 389 g/mol. The van der Waals surface area contributed by atoms with Crippen LogP contribution in [0.5, 0.6) is 0 Å². The molecule has 1 atom stereocenters. The molecular weight excluding hydrogens is 361 g/mol. The van der Waals surface area contributed by atoms with E-state index in [1.54, 1.807) is 29.5 Å². The third-order valence-corrected chi connectivity index (χ3v) is 5.90. The number of carbonyl (C=O) groups excluding carboxylic acids is 1. The number of hydrogen-bond acceptors (Lipinski definition) is 4. The topological polar surface area (TPSA) is 45.2 Å². The molecular formula is C21H28FN3OS. The van der Waals surface area contributed by atoms with Gasteiger partial charge in [0.15, 0.2) is 0 Å². The summed E-state index contributed by atoms with van der Waals surface area (Å²) in [6.07, 6.45) is 3.58. The maximum atomic E-state index is 13.6. The van der Waals surface area contributed by atoms with E-state index < -0.39 is 0 Å². The van der Waals surface area contributed by atoms with Crippen LogP contribution in [0.3, 0.4) is 0 Å². The van der Waals surface area contributed by atoms with E-state index in [4.69, 9.17) is 4.98 Å². The molecule has 3 rings (SSSR count). The van der Waals surface area contributed by atoms with E-state index in [2.05, 4.69) is 29.4 Å². The molecule has 0 bridgehead atoms. The van der Waals surface area contributed by atoms with Gasteiger partial charge in [0.25, 0.3) is 0 Å². The number of aromatic nitrogens is 1. The second-order valence-electron chi connectivity index (χ2n) is 7.63. The fourth-order valence-corrected chi connectivity index (χ4v) is 4.49. The average molecular weight is 390 g/mol. The summed E-state index contributed by atoms with van der Waals surface area (Å²) in [7, 11) is 0. The van der Waals surface area contributed by atoms with Crippen molar-refractivity contribution in [1.29, 1.82) is 0 Å². The molecule has 2 aromatic rings. The summed E-state index contributed by atoms with van der Waals surface area (Å²) in [5.74, 6) is 0.476. The van der Waals surface area contributed by atoms with E-state index in [1.165, 1.54) is 16.8 Å². The number of amides is 1. The summed E-state index contributed by atoms with van der Waals surface area (Å²) in [4.78, 5) is 19.3. The normalized spacial score (nSPS) is 18.0. The van der Waals surface area contributed by atoms with Gasteiger partial charge in [-0.25, -0.2) is 9.37 Å². The van der Waals surface area contributed by atoms with Crippen molar-refractivity contribution in [2.24, 2.45) is 5.92 Å². The molecule has 1 amide bonds. The van der Waals surface area contributed by atoms with E-state index in [0.29, 0.717) is 18.3 Å². The molecule has 0 spiro atoms. The highest BCUT2D eigenvalue weighted by Gasteiger charge is 2.22. The van der Waals surface area contributed by atoms with Gasteiger partial charge in [0.2, 0.25) is 5.91 Å².